The molecule has 0 aromatic heterocycles. The van der Waals surface area contributed by atoms with Crippen molar-refractivity contribution < 1.29 is 19.8 Å². The monoisotopic (exact) mass is 301 g/mol. The van der Waals surface area contributed by atoms with Gasteiger partial charge < -0.3 is 15.9 Å². The van der Waals surface area contributed by atoms with Crippen molar-refractivity contribution in [3.8, 4) is 0 Å². The number of carboxylic acids is 1. The summed E-state index contributed by atoms with van der Waals surface area (Å²) in [6.07, 6.45) is -1.46. The Bertz CT molecular complexity index is 447. The first-order valence-electron chi connectivity index (χ1n) is 4.87. The largest absolute Gasteiger partial charge is 0.479 e. The molecule has 4 N–H and O–H groups in total. The number of halogens is 1. The first kappa shape index (κ1) is 13.7. The number of aliphatic hydroxyl groups excluding tert-OH is 1. The Kier molecular flexibility index (Phi) is 4.65. The predicted octanol–water partition coefficient (Wildman–Crippen LogP) is 1.35. The van der Waals surface area contributed by atoms with E-state index in [9.17, 15) is 14.7 Å². The van der Waals surface area contributed by atoms with Gasteiger partial charge in [-0.05, 0) is 6.07 Å². The highest BCUT2D eigenvalue weighted by Gasteiger charge is 2.21. The fourth-order valence-corrected chi connectivity index (χ4v) is 1.78. The topological polar surface area (TPSA) is 101 Å². The molecule has 1 unspecified atom stereocenters. The average molecular weight is 302 g/mol. The molecule has 0 fully saturated rings. The Morgan fingerprint density at radius 1 is 1.41 bits per heavy atom. The Morgan fingerprint density at radius 2 is 2.06 bits per heavy atom. The zero-order chi connectivity index (χ0) is 13.0. The van der Waals surface area contributed by atoms with Crippen LogP contribution >= 0.6 is 15.9 Å². The van der Waals surface area contributed by atoms with E-state index in [1.165, 1.54) is 18.2 Å². The third kappa shape index (κ3) is 3.04. The third-order valence-electron chi connectivity index (χ3n) is 2.29. The Morgan fingerprint density at radius 3 is 2.59 bits per heavy atom. The number of nitrogen functional groups attached to an aromatic ring is 1. The first-order valence-corrected chi connectivity index (χ1v) is 5.99. The van der Waals surface area contributed by atoms with Crippen LogP contribution in [0.1, 0.15) is 28.4 Å². The molecule has 92 valence electrons. The van der Waals surface area contributed by atoms with E-state index in [0.717, 1.165) is 0 Å². The van der Waals surface area contributed by atoms with E-state index >= 15 is 0 Å². The van der Waals surface area contributed by atoms with Crippen LogP contribution in [0.15, 0.2) is 18.2 Å². The van der Waals surface area contributed by atoms with E-state index in [1.54, 1.807) is 0 Å². The summed E-state index contributed by atoms with van der Waals surface area (Å²) in [5.74, 6) is -1.60. The first-order chi connectivity index (χ1) is 7.99. The van der Waals surface area contributed by atoms with Crippen molar-refractivity contribution in [3.63, 3.8) is 0 Å². The number of hydrogen-bond donors (Lipinski definition) is 3. The van der Waals surface area contributed by atoms with Gasteiger partial charge in [-0.2, -0.15) is 0 Å². The molecule has 6 heteroatoms. The second-order valence-corrected chi connectivity index (χ2v) is 4.20. The van der Waals surface area contributed by atoms with Crippen molar-refractivity contribution in [3.05, 3.63) is 29.3 Å². The number of aliphatic carboxylic acids is 1. The Labute approximate surface area is 106 Å². The van der Waals surface area contributed by atoms with Gasteiger partial charge in [-0.25, -0.2) is 4.79 Å². The van der Waals surface area contributed by atoms with Crippen LogP contribution in [0.5, 0.6) is 0 Å². The number of para-hydroxylation sites is 1. The molecule has 5 nitrogen and oxygen atoms in total. The maximum absolute atomic E-state index is 11.7. The molecular formula is C11H12BrNO4. The van der Waals surface area contributed by atoms with Crippen LogP contribution in [-0.2, 0) is 4.79 Å². The molecule has 1 atom stereocenters. The summed E-state index contributed by atoms with van der Waals surface area (Å²) in [6, 6.07) is 4.40. The smallest absolute Gasteiger partial charge is 0.337 e. The van der Waals surface area contributed by atoms with Gasteiger partial charge in [0.2, 0.25) is 0 Å². The number of carboxylic acid groups (broad SMARTS) is 1. The van der Waals surface area contributed by atoms with Gasteiger partial charge in [0, 0.05) is 28.6 Å². The number of Topliss-reactive ketones (excluding diaryl/α,β-unsaturated/α-hetero) is 1. The number of aliphatic hydroxyl groups is 1. The van der Waals surface area contributed by atoms with E-state index in [-0.39, 0.29) is 29.0 Å². The van der Waals surface area contributed by atoms with Crippen molar-refractivity contribution in [2.75, 3.05) is 11.1 Å². The van der Waals surface area contributed by atoms with Gasteiger partial charge in [0.25, 0.3) is 0 Å². The number of hydrogen-bond acceptors (Lipinski definition) is 4. The predicted molar refractivity (Wildman–Crippen MR) is 66.2 cm³/mol. The lowest BCUT2D eigenvalue weighted by atomic mass is 9.99. The summed E-state index contributed by atoms with van der Waals surface area (Å²) >= 11 is 3.14. The molecule has 0 saturated heterocycles. The lowest BCUT2D eigenvalue weighted by Gasteiger charge is -2.12. The van der Waals surface area contributed by atoms with Crippen LogP contribution < -0.4 is 5.73 Å². The average Bonchev–Trinajstić information content (AvgIpc) is 2.28. The highest BCUT2D eigenvalue weighted by Crippen LogP contribution is 2.25. The highest BCUT2D eigenvalue weighted by molar-refractivity contribution is 9.09. The van der Waals surface area contributed by atoms with Gasteiger partial charge in [-0.15, -0.1) is 0 Å². The summed E-state index contributed by atoms with van der Waals surface area (Å²) in [7, 11) is 0. The minimum Gasteiger partial charge on any atom is -0.479 e. The van der Waals surface area contributed by atoms with Gasteiger partial charge >= 0.3 is 5.97 Å². The molecule has 17 heavy (non-hydrogen) atoms. The molecule has 0 bridgehead atoms. The molecule has 1 aromatic rings. The number of carbonyl (C=O) groups is 2. The number of carbonyl (C=O) groups excluding carboxylic acids is 1. The maximum Gasteiger partial charge on any atom is 0.337 e. The third-order valence-corrected chi connectivity index (χ3v) is 2.69. The lowest BCUT2D eigenvalue weighted by molar-refractivity contribution is -0.146. The summed E-state index contributed by atoms with van der Waals surface area (Å²) in [5.41, 5.74) is 5.99. The SMILES string of the molecule is Nc1c(C(=O)CCBr)cccc1C(O)C(=O)O. The molecule has 1 rings (SSSR count). The van der Waals surface area contributed by atoms with E-state index in [2.05, 4.69) is 15.9 Å². The maximum atomic E-state index is 11.7. The van der Waals surface area contributed by atoms with Crippen LogP contribution in [0.25, 0.3) is 0 Å². The van der Waals surface area contributed by atoms with Gasteiger partial charge in [0.05, 0.1) is 0 Å². The summed E-state index contributed by atoms with van der Waals surface area (Å²) in [5, 5.41) is 18.6. The fourth-order valence-electron chi connectivity index (χ4n) is 1.42. The second-order valence-electron chi connectivity index (χ2n) is 3.41. The van der Waals surface area contributed by atoms with Crippen molar-refractivity contribution in [2.24, 2.45) is 0 Å². The second kappa shape index (κ2) is 5.79. The zero-order valence-corrected chi connectivity index (χ0v) is 10.5. The molecule has 0 radical (unpaired) electrons. The molecule has 0 aliphatic heterocycles. The van der Waals surface area contributed by atoms with Gasteiger partial charge in [0.15, 0.2) is 11.9 Å². The molecule has 1 aromatic carbocycles. The molecule has 0 spiro atoms. The minimum atomic E-state index is -1.72. The van der Waals surface area contributed by atoms with Gasteiger partial charge in [-0.3, -0.25) is 4.79 Å². The van der Waals surface area contributed by atoms with Crippen LogP contribution in [0.2, 0.25) is 0 Å². The molecular weight excluding hydrogens is 290 g/mol. The summed E-state index contributed by atoms with van der Waals surface area (Å²) in [4.78, 5) is 22.3. The highest BCUT2D eigenvalue weighted by atomic mass is 79.9. The lowest BCUT2D eigenvalue weighted by Crippen LogP contribution is -2.15. The van der Waals surface area contributed by atoms with Crippen LogP contribution in [0.4, 0.5) is 5.69 Å². The van der Waals surface area contributed by atoms with E-state index in [4.69, 9.17) is 10.8 Å². The molecule has 0 amide bonds. The van der Waals surface area contributed by atoms with Crippen molar-refractivity contribution >= 4 is 33.4 Å². The Hall–Kier alpha value is -1.40. The number of anilines is 1. The van der Waals surface area contributed by atoms with Gasteiger partial charge in [-0.1, -0.05) is 28.1 Å². The number of nitrogens with two attached hydrogens (primary N) is 1. The van der Waals surface area contributed by atoms with Crippen molar-refractivity contribution in [1.29, 1.82) is 0 Å². The van der Waals surface area contributed by atoms with Crippen molar-refractivity contribution in [2.45, 2.75) is 12.5 Å². The Balaban J connectivity index is 3.15. The zero-order valence-electron chi connectivity index (χ0n) is 8.89. The number of rotatable bonds is 5. The van der Waals surface area contributed by atoms with E-state index in [1.807, 2.05) is 0 Å². The minimum absolute atomic E-state index is 0.0216. The number of benzene rings is 1. The fraction of sp³-hybridized carbons (Fsp3) is 0.273. The summed E-state index contributed by atoms with van der Waals surface area (Å²) < 4.78 is 0. The molecule has 0 heterocycles. The molecule has 0 saturated carbocycles. The number of ketones is 1. The van der Waals surface area contributed by atoms with Crippen LogP contribution in [0.3, 0.4) is 0 Å². The molecule has 0 aliphatic carbocycles. The molecule has 0 aliphatic rings. The summed E-state index contributed by atoms with van der Waals surface area (Å²) in [6.45, 7) is 0. The quantitative estimate of drug-likeness (QED) is 0.433. The van der Waals surface area contributed by atoms with Gasteiger partial charge in [0.1, 0.15) is 0 Å². The normalized spacial score (nSPS) is 12.1. The van der Waals surface area contributed by atoms with E-state index < -0.39 is 12.1 Å². The van der Waals surface area contributed by atoms with Crippen LogP contribution in [0, 0.1) is 0 Å². The standard InChI is InChI=1S/C11H12BrNO4/c12-5-4-8(14)6-2-1-3-7(9(6)13)10(15)11(16)17/h1-3,10,15H,4-5,13H2,(H,16,17). The van der Waals surface area contributed by atoms with Crippen LogP contribution in [-0.4, -0.2) is 27.3 Å². The van der Waals surface area contributed by atoms with Crippen molar-refractivity contribution in [1.82, 2.24) is 0 Å². The number of alkyl halides is 1. The van der Waals surface area contributed by atoms with E-state index in [0.29, 0.717) is 5.33 Å².